The Morgan fingerprint density at radius 3 is 3.08 bits per heavy atom. The second-order valence-electron chi connectivity index (χ2n) is 6.10. The van der Waals surface area contributed by atoms with Crippen molar-refractivity contribution >= 4 is 44.2 Å². The zero-order chi connectivity index (χ0) is 16.5. The van der Waals surface area contributed by atoms with Crippen molar-refractivity contribution < 1.29 is 4.79 Å². The Balaban J connectivity index is 1.53. The molecular formula is C17H20N4OS2. The SMILES string of the molecule is CCC1CCCCN1C(=O)CSc1nnc2sc3ccccc3n12. The normalized spacial score (nSPS) is 18.5. The zero-order valence-electron chi connectivity index (χ0n) is 13.6. The summed E-state index contributed by atoms with van der Waals surface area (Å²) in [6, 6.07) is 8.63. The van der Waals surface area contributed by atoms with Crippen LogP contribution in [0.5, 0.6) is 0 Å². The van der Waals surface area contributed by atoms with Crippen LogP contribution in [0.2, 0.25) is 0 Å². The summed E-state index contributed by atoms with van der Waals surface area (Å²) in [6.07, 6.45) is 4.54. The van der Waals surface area contributed by atoms with Gasteiger partial charge in [0, 0.05) is 12.6 Å². The second-order valence-corrected chi connectivity index (χ2v) is 8.06. The van der Waals surface area contributed by atoms with Crippen molar-refractivity contribution in [1.82, 2.24) is 19.5 Å². The topological polar surface area (TPSA) is 50.5 Å². The van der Waals surface area contributed by atoms with E-state index in [0.29, 0.717) is 11.8 Å². The number of fused-ring (bicyclic) bond motifs is 3. The summed E-state index contributed by atoms with van der Waals surface area (Å²) in [6.45, 7) is 3.07. The van der Waals surface area contributed by atoms with E-state index in [1.54, 1.807) is 11.3 Å². The number of nitrogens with zero attached hydrogens (tertiary/aromatic N) is 4. The van der Waals surface area contributed by atoms with E-state index in [1.165, 1.54) is 22.9 Å². The lowest BCUT2D eigenvalue weighted by molar-refractivity contribution is -0.132. The van der Waals surface area contributed by atoms with E-state index in [2.05, 4.69) is 38.6 Å². The van der Waals surface area contributed by atoms with E-state index in [1.807, 2.05) is 12.1 Å². The van der Waals surface area contributed by atoms with Crippen LogP contribution in [0, 0.1) is 0 Å². The van der Waals surface area contributed by atoms with E-state index in [9.17, 15) is 4.79 Å². The highest BCUT2D eigenvalue weighted by atomic mass is 32.2. The number of hydrogen-bond donors (Lipinski definition) is 0. The smallest absolute Gasteiger partial charge is 0.233 e. The second kappa shape index (κ2) is 6.72. The van der Waals surface area contributed by atoms with Crippen LogP contribution in [0.4, 0.5) is 0 Å². The van der Waals surface area contributed by atoms with Gasteiger partial charge in [0.25, 0.3) is 0 Å². The minimum atomic E-state index is 0.225. The van der Waals surface area contributed by atoms with Crippen LogP contribution < -0.4 is 0 Å². The number of thioether (sulfide) groups is 1. The van der Waals surface area contributed by atoms with Crippen molar-refractivity contribution in [2.45, 2.75) is 43.8 Å². The van der Waals surface area contributed by atoms with Crippen LogP contribution in [0.1, 0.15) is 32.6 Å². The molecule has 1 fully saturated rings. The molecule has 5 nitrogen and oxygen atoms in total. The molecule has 0 saturated carbocycles. The van der Waals surface area contributed by atoms with Gasteiger partial charge in [0.2, 0.25) is 10.9 Å². The molecule has 1 saturated heterocycles. The van der Waals surface area contributed by atoms with Crippen molar-refractivity contribution in [2.24, 2.45) is 0 Å². The maximum absolute atomic E-state index is 12.7. The van der Waals surface area contributed by atoms with Crippen LogP contribution in [0.3, 0.4) is 0 Å². The first-order chi connectivity index (χ1) is 11.8. The highest BCUT2D eigenvalue weighted by Crippen LogP contribution is 2.30. The number of benzene rings is 1. The minimum absolute atomic E-state index is 0.225. The fourth-order valence-electron chi connectivity index (χ4n) is 3.41. The predicted octanol–water partition coefficient (Wildman–Crippen LogP) is 3.83. The van der Waals surface area contributed by atoms with Crippen LogP contribution in [-0.4, -0.2) is 43.7 Å². The Hall–Kier alpha value is -1.60. The number of amides is 1. The van der Waals surface area contributed by atoms with Crippen molar-refractivity contribution in [1.29, 1.82) is 0 Å². The van der Waals surface area contributed by atoms with Crippen LogP contribution >= 0.6 is 23.1 Å². The average Bonchev–Trinajstić information content (AvgIpc) is 3.18. The fourth-order valence-corrected chi connectivity index (χ4v) is 5.27. The van der Waals surface area contributed by atoms with Crippen molar-refractivity contribution in [3.05, 3.63) is 24.3 Å². The molecule has 0 aliphatic carbocycles. The Bertz CT molecular complexity index is 872. The van der Waals surface area contributed by atoms with Crippen molar-refractivity contribution in [2.75, 3.05) is 12.3 Å². The first-order valence-corrected chi connectivity index (χ1v) is 10.2. The number of aromatic nitrogens is 3. The molecular weight excluding hydrogens is 340 g/mol. The van der Waals surface area contributed by atoms with Gasteiger partial charge in [0.1, 0.15) is 0 Å². The molecule has 126 valence electrons. The van der Waals surface area contributed by atoms with Crippen LogP contribution in [0.15, 0.2) is 29.4 Å². The summed E-state index contributed by atoms with van der Waals surface area (Å²) in [4.78, 5) is 15.6. The van der Waals surface area contributed by atoms with Gasteiger partial charge in [-0.3, -0.25) is 9.20 Å². The first-order valence-electron chi connectivity index (χ1n) is 8.43. The summed E-state index contributed by atoms with van der Waals surface area (Å²) in [5.41, 5.74) is 1.11. The number of thiazole rings is 1. The number of carbonyl (C=O) groups is 1. The predicted molar refractivity (Wildman–Crippen MR) is 98.7 cm³/mol. The quantitative estimate of drug-likeness (QED) is 0.664. The van der Waals surface area contributed by atoms with E-state index in [4.69, 9.17) is 0 Å². The number of piperidine rings is 1. The number of carbonyl (C=O) groups excluding carboxylic acids is 1. The maximum Gasteiger partial charge on any atom is 0.233 e. The molecule has 24 heavy (non-hydrogen) atoms. The third-order valence-electron chi connectivity index (χ3n) is 4.65. The molecule has 0 radical (unpaired) electrons. The molecule has 2 aromatic heterocycles. The van der Waals surface area contributed by atoms with Gasteiger partial charge >= 0.3 is 0 Å². The highest BCUT2D eigenvalue weighted by Gasteiger charge is 2.25. The minimum Gasteiger partial charge on any atom is -0.339 e. The third kappa shape index (κ3) is 2.80. The van der Waals surface area contributed by atoms with Gasteiger partial charge in [-0.05, 0) is 37.8 Å². The highest BCUT2D eigenvalue weighted by molar-refractivity contribution is 7.99. The summed E-state index contributed by atoms with van der Waals surface area (Å²) in [5, 5.41) is 9.35. The number of hydrogen-bond acceptors (Lipinski definition) is 5. The van der Waals surface area contributed by atoms with E-state index >= 15 is 0 Å². The number of likely N-dealkylation sites (tertiary alicyclic amines) is 1. The van der Waals surface area contributed by atoms with E-state index in [-0.39, 0.29) is 5.91 Å². The van der Waals surface area contributed by atoms with Gasteiger partial charge < -0.3 is 4.90 Å². The molecule has 3 heterocycles. The summed E-state index contributed by atoms with van der Waals surface area (Å²) < 4.78 is 3.25. The van der Waals surface area contributed by atoms with Crippen LogP contribution in [0.25, 0.3) is 15.2 Å². The summed E-state index contributed by atoms with van der Waals surface area (Å²) in [5.74, 6) is 0.657. The number of rotatable bonds is 4. The maximum atomic E-state index is 12.7. The molecule has 1 unspecified atom stereocenters. The Labute approximate surface area is 149 Å². The number of para-hydroxylation sites is 1. The van der Waals surface area contributed by atoms with Gasteiger partial charge in [-0.15, -0.1) is 10.2 Å². The van der Waals surface area contributed by atoms with E-state index in [0.717, 1.165) is 41.4 Å². The lowest BCUT2D eigenvalue weighted by Gasteiger charge is -2.35. The molecule has 1 atom stereocenters. The van der Waals surface area contributed by atoms with E-state index < -0.39 is 0 Å². The monoisotopic (exact) mass is 360 g/mol. The molecule has 1 aromatic carbocycles. The largest absolute Gasteiger partial charge is 0.339 e. The molecule has 0 bridgehead atoms. The van der Waals surface area contributed by atoms with Crippen molar-refractivity contribution in [3.8, 4) is 0 Å². The fraction of sp³-hybridized carbons (Fsp3) is 0.471. The molecule has 4 rings (SSSR count). The summed E-state index contributed by atoms with van der Waals surface area (Å²) >= 11 is 3.12. The third-order valence-corrected chi connectivity index (χ3v) is 6.58. The Morgan fingerprint density at radius 2 is 2.21 bits per heavy atom. The van der Waals surface area contributed by atoms with Gasteiger partial charge in [-0.1, -0.05) is 42.2 Å². The lowest BCUT2D eigenvalue weighted by Crippen LogP contribution is -2.44. The Morgan fingerprint density at radius 1 is 1.33 bits per heavy atom. The molecule has 3 aromatic rings. The Kier molecular flexibility index (Phi) is 4.45. The van der Waals surface area contributed by atoms with Gasteiger partial charge in [-0.2, -0.15) is 0 Å². The zero-order valence-corrected chi connectivity index (χ0v) is 15.3. The van der Waals surface area contributed by atoms with Crippen LogP contribution in [-0.2, 0) is 4.79 Å². The average molecular weight is 361 g/mol. The lowest BCUT2D eigenvalue weighted by atomic mass is 10.0. The molecule has 1 aliphatic rings. The molecule has 0 spiro atoms. The molecule has 7 heteroatoms. The first kappa shape index (κ1) is 15.9. The van der Waals surface area contributed by atoms with Crippen molar-refractivity contribution in [3.63, 3.8) is 0 Å². The van der Waals surface area contributed by atoms with Gasteiger partial charge in [-0.25, -0.2) is 0 Å². The standard InChI is InChI=1S/C17H20N4OS2/c1-2-12-7-5-6-10-20(12)15(22)11-23-16-18-19-17-21(16)13-8-3-4-9-14(13)24-17/h3-4,8-9,12H,2,5-7,10-11H2,1H3. The molecule has 0 N–H and O–H groups in total. The summed E-state index contributed by atoms with van der Waals surface area (Å²) in [7, 11) is 0. The van der Waals surface area contributed by atoms with Gasteiger partial charge in [0.05, 0.1) is 16.0 Å². The molecule has 1 aliphatic heterocycles. The molecule has 1 amide bonds. The van der Waals surface area contributed by atoms with Gasteiger partial charge in [0.15, 0.2) is 5.16 Å².